The van der Waals surface area contributed by atoms with Gasteiger partial charge in [-0.15, -0.1) is 0 Å². The van der Waals surface area contributed by atoms with Crippen molar-refractivity contribution in [2.75, 3.05) is 14.1 Å². The molecule has 104 valence electrons. The zero-order valence-electron chi connectivity index (χ0n) is 10.6. The quantitative estimate of drug-likeness (QED) is 0.275. The Morgan fingerprint density at radius 2 is 1.84 bits per heavy atom. The van der Waals surface area contributed by atoms with Gasteiger partial charge in [0, 0.05) is 0 Å². The number of rotatable bonds is 2. The molecule has 0 radical (unpaired) electrons. The van der Waals surface area contributed by atoms with Crippen LogP contribution in [0.25, 0.3) is 0 Å². The van der Waals surface area contributed by atoms with Crippen LogP contribution in [0.2, 0.25) is 0 Å². The molecule has 9 heteroatoms. The molecule has 0 saturated carbocycles. The van der Waals surface area contributed by atoms with Crippen molar-refractivity contribution in [3.8, 4) is 0 Å². The zero-order valence-corrected chi connectivity index (χ0v) is 17.5. The Hall–Kier alpha value is 0.478. The molecule has 1 rings (SSSR count). The molecule has 0 aromatic carbocycles. The van der Waals surface area contributed by atoms with Gasteiger partial charge in [-0.25, -0.2) is 0 Å². The van der Waals surface area contributed by atoms with E-state index < -0.39 is 16.4 Å². The van der Waals surface area contributed by atoms with Crippen LogP contribution in [0.15, 0.2) is 34.6 Å². The molecule has 1 heterocycles. The molecule has 0 atom stereocenters. The summed E-state index contributed by atoms with van der Waals surface area (Å²) < 4.78 is 0.741. The van der Waals surface area contributed by atoms with Crippen LogP contribution < -0.4 is 0 Å². The van der Waals surface area contributed by atoms with E-state index in [-0.39, 0.29) is 0 Å². The predicted molar refractivity (Wildman–Crippen MR) is 86.6 cm³/mol. The minimum atomic E-state index is -2.13. The Morgan fingerprint density at radius 1 is 1.26 bits per heavy atom. The van der Waals surface area contributed by atoms with Gasteiger partial charge in [0.25, 0.3) is 0 Å². The molecule has 19 heavy (non-hydrogen) atoms. The standard InChI is InChI=1S/C10H14N4Se.3ClH.Sn/c1-8(9-6-4-5-7-11-9)12-13-10(15)14(2)3;;;;/h4-7H,1-3H3,(H,13,15);3*1H;/q;;;;+4/p-4/b12-8+;;;;. The molecule has 4 nitrogen and oxygen atoms in total. The first-order valence-electron chi connectivity index (χ1n) is 5.06. The predicted octanol–water partition coefficient (Wildman–Crippen LogP) is 2.58. The Morgan fingerprint density at radius 3 is 2.26 bits per heavy atom. The molecule has 0 bridgehead atoms. The van der Waals surface area contributed by atoms with Crippen LogP contribution in [0.4, 0.5) is 0 Å². The molecule has 0 aliphatic rings. The van der Waals surface area contributed by atoms with Crippen molar-refractivity contribution < 1.29 is 0 Å². The third kappa shape index (κ3) is 10.9. The van der Waals surface area contributed by atoms with E-state index in [0.29, 0.717) is 0 Å². The molecule has 0 aliphatic carbocycles. The van der Waals surface area contributed by atoms with Crippen LogP contribution in [0.3, 0.4) is 0 Å². The van der Waals surface area contributed by atoms with Crippen molar-refractivity contribution in [1.82, 2.24) is 9.88 Å². The van der Waals surface area contributed by atoms with Gasteiger partial charge in [0.05, 0.1) is 0 Å². The molecular formula is C10H13Cl3N4SeSn. The SMILES string of the molecule is C/C(=N\N=C(/[Se-])N(C)C)c1ccccn1.[Cl][Sn+]([Cl])[Cl]. The molecule has 0 unspecified atom stereocenters. The van der Waals surface area contributed by atoms with Gasteiger partial charge in [-0.1, -0.05) is 0 Å². The first kappa shape index (κ1) is 19.5. The second-order valence-electron chi connectivity index (χ2n) is 3.39. The fraction of sp³-hybridized carbons (Fsp3) is 0.300. The Labute approximate surface area is 139 Å². The summed E-state index contributed by atoms with van der Waals surface area (Å²) in [5.74, 6) is 0. The first-order chi connectivity index (χ1) is 8.84. The number of amidine groups is 1. The van der Waals surface area contributed by atoms with Crippen LogP contribution in [0.5, 0.6) is 0 Å². The van der Waals surface area contributed by atoms with E-state index in [2.05, 4.69) is 31.2 Å². The number of hydrogen-bond acceptors (Lipinski definition) is 3. The molecule has 0 amide bonds. The van der Waals surface area contributed by atoms with Crippen LogP contribution in [-0.4, -0.2) is 66.8 Å². The molecule has 1 aromatic rings. The summed E-state index contributed by atoms with van der Waals surface area (Å²) in [6.07, 6.45) is 1.74. The van der Waals surface area contributed by atoms with Gasteiger partial charge in [0.15, 0.2) is 0 Å². The van der Waals surface area contributed by atoms with Gasteiger partial charge < -0.3 is 0 Å². The van der Waals surface area contributed by atoms with Gasteiger partial charge in [0.1, 0.15) is 0 Å². The van der Waals surface area contributed by atoms with Crippen molar-refractivity contribution in [2.45, 2.75) is 6.92 Å². The van der Waals surface area contributed by atoms with Gasteiger partial charge >= 0.3 is 141 Å². The maximum atomic E-state index is 5.00. The number of pyridine rings is 1. The summed E-state index contributed by atoms with van der Waals surface area (Å²) in [6.45, 7) is 1.88. The number of nitrogens with zero attached hydrogens (tertiary/aromatic N) is 4. The van der Waals surface area contributed by atoms with Crippen molar-refractivity contribution in [3.63, 3.8) is 0 Å². The molecule has 0 aliphatic heterocycles. The molecule has 0 saturated heterocycles. The van der Waals surface area contributed by atoms with E-state index in [1.54, 1.807) is 6.20 Å². The fourth-order valence-electron chi connectivity index (χ4n) is 0.835. The average Bonchev–Trinajstić information content (AvgIpc) is 2.35. The monoisotopic (exact) mass is 494 g/mol. The summed E-state index contributed by atoms with van der Waals surface area (Å²) in [4.78, 5) is 6.03. The Kier molecular flexibility index (Phi) is 11.5. The van der Waals surface area contributed by atoms with Crippen molar-refractivity contribution in [3.05, 3.63) is 30.1 Å². The van der Waals surface area contributed by atoms with Gasteiger partial charge in [0.2, 0.25) is 0 Å². The van der Waals surface area contributed by atoms with E-state index in [9.17, 15) is 0 Å². The van der Waals surface area contributed by atoms with Crippen molar-refractivity contribution in [2.24, 2.45) is 10.2 Å². The Bertz CT molecular complexity index is 423. The van der Waals surface area contributed by atoms with E-state index >= 15 is 0 Å². The third-order valence-corrected chi connectivity index (χ3v) is 2.64. The molecule has 1 aromatic heterocycles. The number of hydrogen-bond donors (Lipinski definition) is 0. The van der Waals surface area contributed by atoms with E-state index in [0.717, 1.165) is 16.1 Å². The molecule has 0 spiro atoms. The summed E-state index contributed by atoms with van der Waals surface area (Å²) in [7, 11) is 18.8. The van der Waals surface area contributed by atoms with Crippen LogP contribution in [-0.2, 0) is 0 Å². The topological polar surface area (TPSA) is 40.9 Å². The summed E-state index contributed by atoms with van der Waals surface area (Å²) in [5, 5.41) is 8.12. The summed E-state index contributed by atoms with van der Waals surface area (Å²) in [6, 6.07) is 5.71. The van der Waals surface area contributed by atoms with Crippen molar-refractivity contribution >= 4 is 69.6 Å². The first-order valence-corrected chi connectivity index (χ1v) is 16.8. The third-order valence-electron chi connectivity index (χ3n) is 1.70. The van der Waals surface area contributed by atoms with Gasteiger partial charge in [-0.2, -0.15) is 0 Å². The Balaban J connectivity index is 0.000000711. The van der Waals surface area contributed by atoms with Crippen LogP contribution in [0, 0.1) is 0 Å². The molecule has 0 N–H and O–H groups in total. The molecular weight excluding hydrogens is 480 g/mol. The van der Waals surface area contributed by atoms with Crippen LogP contribution >= 0.6 is 26.8 Å². The fourth-order valence-corrected chi connectivity index (χ4v) is 0.921. The second kappa shape index (κ2) is 11.2. The summed E-state index contributed by atoms with van der Waals surface area (Å²) >= 11 is 0.705. The van der Waals surface area contributed by atoms with E-state index in [1.165, 1.54) is 0 Å². The minimum absolute atomic E-state index is 0.741. The summed E-state index contributed by atoms with van der Waals surface area (Å²) in [5.41, 5.74) is 1.64. The van der Waals surface area contributed by atoms with Crippen LogP contribution in [0.1, 0.15) is 12.6 Å². The second-order valence-corrected chi connectivity index (χ2v) is 16.9. The van der Waals surface area contributed by atoms with Crippen molar-refractivity contribution in [1.29, 1.82) is 0 Å². The molecule has 0 fully saturated rings. The van der Waals surface area contributed by atoms with Gasteiger partial charge in [-0.3, -0.25) is 0 Å². The maximum absolute atomic E-state index is 5.00. The number of aromatic nitrogens is 1. The van der Waals surface area contributed by atoms with E-state index in [1.807, 2.05) is 44.1 Å². The van der Waals surface area contributed by atoms with Gasteiger partial charge in [-0.05, 0) is 0 Å². The average molecular weight is 493 g/mol. The number of halogens is 3. The van der Waals surface area contributed by atoms with E-state index in [4.69, 9.17) is 26.8 Å². The zero-order chi connectivity index (χ0) is 14.8. The normalized spacial score (nSPS) is 11.5.